The van der Waals surface area contributed by atoms with E-state index in [-0.39, 0.29) is 22.8 Å². The van der Waals surface area contributed by atoms with Gasteiger partial charge in [-0.05, 0) is 55.2 Å². The van der Waals surface area contributed by atoms with E-state index in [0.29, 0.717) is 22.4 Å². The molecule has 1 aromatic heterocycles. The highest BCUT2D eigenvalue weighted by molar-refractivity contribution is 7.99. The van der Waals surface area contributed by atoms with Crippen molar-refractivity contribution in [1.82, 2.24) is 20.2 Å². The Morgan fingerprint density at radius 1 is 1.05 bits per heavy atom. The Hall–Kier alpha value is -4.11. The van der Waals surface area contributed by atoms with Crippen molar-refractivity contribution in [2.45, 2.75) is 45.2 Å². The Balaban J connectivity index is 1.54. The third-order valence-corrected chi connectivity index (χ3v) is 7.14. The smallest absolute Gasteiger partial charge is 0.250 e. The first-order valence-corrected chi connectivity index (χ1v) is 13.5. The number of nitrogens with one attached hydrogen (secondary N) is 1. The molecule has 0 atom stereocenters. The number of aromatic hydroxyl groups is 1. The van der Waals surface area contributed by atoms with Crippen molar-refractivity contribution in [2.24, 2.45) is 5.10 Å². The van der Waals surface area contributed by atoms with E-state index in [1.807, 2.05) is 35.8 Å². The predicted octanol–water partition coefficient (Wildman–Crippen LogP) is 5.89. The number of aromatic nitrogens is 3. The van der Waals surface area contributed by atoms with Gasteiger partial charge in [0.1, 0.15) is 0 Å². The van der Waals surface area contributed by atoms with E-state index < -0.39 is 0 Å². The lowest BCUT2D eigenvalue weighted by Gasteiger charge is -2.19. The molecular weight excluding hydrogens is 510 g/mol. The van der Waals surface area contributed by atoms with Crippen LogP contribution in [0.25, 0.3) is 17.1 Å². The van der Waals surface area contributed by atoms with Crippen LogP contribution in [-0.4, -0.2) is 44.4 Å². The zero-order valence-corrected chi connectivity index (χ0v) is 23.8. The number of hydrogen-bond acceptors (Lipinski definition) is 7. The molecule has 8 nitrogen and oxygen atoms in total. The third-order valence-electron chi connectivity index (χ3n) is 6.21. The van der Waals surface area contributed by atoms with Gasteiger partial charge in [0.15, 0.2) is 22.5 Å². The number of carbonyl (C=O) groups excluding carboxylic acids is 1. The molecule has 1 heterocycles. The van der Waals surface area contributed by atoms with E-state index in [9.17, 15) is 9.90 Å². The average Bonchev–Trinajstić information content (AvgIpc) is 3.34. The van der Waals surface area contributed by atoms with Crippen LogP contribution in [0.4, 0.5) is 0 Å². The van der Waals surface area contributed by atoms with Crippen molar-refractivity contribution >= 4 is 23.4 Å². The Kier molecular flexibility index (Phi) is 8.40. The first kappa shape index (κ1) is 27.9. The predicted molar refractivity (Wildman–Crippen MR) is 156 cm³/mol. The molecule has 4 rings (SSSR count). The molecule has 0 bridgehead atoms. The van der Waals surface area contributed by atoms with E-state index in [4.69, 9.17) is 4.74 Å². The minimum Gasteiger partial charge on any atom is -0.504 e. The maximum atomic E-state index is 12.7. The van der Waals surface area contributed by atoms with Gasteiger partial charge >= 0.3 is 0 Å². The van der Waals surface area contributed by atoms with Gasteiger partial charge in [0.2, 0.25) is 0 Å². The van der Waals surface area contributed by atoms with Gasteiger partial charge in [0.25, 0.3) is 5.91 Å². The summed E-state index contributed by atoms with van der Waals surface area (Å²) in [6.07, 6.45) is 0. The van der Waals surface area contributed by atoms with Gasteiger partial charge < -0.3 is 9.84 Å². The summed E-state index contributed by atoms with van der Waals surface area (Å²) in [5.41, 5.74) is 8.19. The number of thioether (sulfide) groups is 1. The first-order valence-electron chi connectivity index (χ1n) is 12.5. The minimum atomic E-state index is -0.278. The largest absolute Gasteiger partial charge is 0.504 e. The number of phenols is 1. The molecule has 0 aliphatic carbocycles. The van der Waals surface area contributed by atoms with Crippen LogP contribution in [0, 0.1) is 6.92 Å². The average molecular weight is 544 g/mol. The SMILES string of the molecule is COc1cc(/C(C)=N\NC(=O)CSc2nnc(-c3ccc(C(C)(C)C)cc3)n2-c2ccc(C)cc2)ccc1O. The maximum absolute atomic E-state index is 12.7. The van der Waals surface area contributed by atoms with Gasteiger partial charge in [-0.1, -0.05) is 74.5 Å². The number of benzene rings is 3. The van der Waals surface area contributed by atoms with Gasteiger partial charge in [-0.2, -0.15) is 5.10 Å². The molecular formula is C30H33N5O3S. The summed E-state index contributed by atoms with van der Waals surface area (Å²) in [4.78, 5) is 12.7. The van der Waals surface area contributed by atoms with Crippen LogP contribution >= 0.6 is 11.8 Å². The van der Waals surface area contributed by atoms with Crippen LogP contribution in [0.5, 0.6) is 11.5 Å². The van der Waals surface area contributed by atoms with Gasteiger partial charge in [-0.25, -0.2) is 5.43 Å². The molecule has 0 spiro atoms. The molecule has 39 heavy (non-hydrogen) atoms. The lowest BCUT2D eigenvalue weighted by atomic mass is 9.87. The molecule has 0 aliphatic rings. The van der Waals surface area contributed by atoms with Gasteiger partial charge in [-0.3, -0.25) is 9.36 Å². The number of amides is 1. The second kappa shape index (κ2) is 11.7. The Morgan fingerprint density at radius 2 is 1.74 bits per heavy atom. The second-order valence-corrected chi connectivity index (χ2v) is 11.2. The van der Waals surface area contributed by atoms with Crippen LogP contribution in [-0.2, 0) is 10.2 Å². The van der Waals surface area contributed by atoms with Crippen molar-refractivity contribution in [2.75, 3.05) is 12.9 Å². The molecule has 4 aromatic rings. The van der Waals surface area contributed by atoms with Gasteiger partial charge in [0, 0.05) is 16.8 Å². The molecule has 1 amide bonds. The monoisotopic (exact) mass is 543 g/mol. The molecule has 9 heteroatoms. The van der Waals surface area contributed by atoms with Crippen LogP contribution < -0.4 is 10.2 Å². The zero-order valence-electron chi connectivity index (χ0n) is 23.0. The molecule has 0 radical (unpaired) electrons. The van der Waals surface area contributed by atoms with E-state index >= 15 is 0 Å². The summed E-state index contributed by atoms with van der Waals surface area (Å²) in [5.74, 6) is 0.903. The highest BCUT2D eigenvalue weighted by Crippen LogP contribution is 2.30. The number of phenolic OH excluding ortho intramolecular Hbond substituents is 1. The lowest BCUT2D eigenvalue weighted by molar-refractivity contribution is -0.118. The summed E-state index contributed by atoms with van der Waals surface area (Å²) in [6, 6.07) is 21.4. The molecule has 0 unspecified atom stereocenters. The second-order valence-electron chi connectivity index (χ2n) is 10.2. The van der Waals surface area contributed by atoms with E-state index in [1.54, 1.807) is 19.1 Å². The Bertz CT molecular complexity index is 1490. The molecule has 0 aliphatic heterocycles. The number of hydrazone groups is 1. The molecule has 0 saturated heterocycles. The van der Waals surface area contributed by atoms with Crippen LogP contribution in [0.15, 0.2) is 77.0 Å². The summed E-state index contributed by atoms with van der Waals surface area (Å²) >= 11 is 1.29. The third kappa shape index (κ3) is 6.67. The van der Waals surface area contributed by atoms with E-state index in [1.165, 1.54) is 30.5 Å². The molecule has 3 aromatic carbocycles. The quantitative estimate of drug-likeness (QED) is 0.163. The fraction of sp³-hybridized carbons (Fsp3) is 0.267. The number of rotatable bonds is 8. The minimum absolute atomic E-state index is 0.0386. The topological polar surface area (TPSA) is 102 Å². The lowest BCUT2D eigenvalue weighted by Crippen LogP contribution is -2.21. The van der Waals surface area contributed by atoms with Crippen molar-refractivity contribution in [1.29, 1.82) is 0 Å². The summed E-state index contributed by atoms with van der Waals surface area (Å²) in [7, 11) is 1.48. The standard InChI is InChI=1S/C30H33N5O3S/c1-19-7-14-24(15-8-19)35-28(21-9-12-23(13-10-21)30(3,4)5)33-34-29(35)39-18-27(37)32-31-20(2)22-11-16-25(36)26(17-22)38-6/h7-17,36H,18H2,1-6H3,(H,32,37)/b31-20-. The molecule has 2 N–H and O–H groups in total. The van der Waals surface area contributed by atoms with Gasteiger partial charge in [-0.15, -0.1) is 10.2 Å². The Morgan fingerprint density at radius 3 is 2.38 bits per heavy atom. The fourth-order valence-electron chi connectivity index (χ4n) is 3.87. The summed E-state index contributed by atoms with van der Waals surface area (Å²) in [5, 5.41) is 23.5. The summed E-state index contributed by atoms with van der Waals surface area (Å²) in [6.45, 7) is 10.4. The maximum Gasteiger partial charge on any atom is 0.250 e. The van der Waals surface area contributed by atoms with Crippen LogP contribution in [0.2, 0.25) is 0 Å². The molecule has 202 valence electrons. The number of hydrogen-bond donors (Lipinski definition) is 2. The number of nitrogens with zero attached hydrogens (tertiary/aromatic N) is 4. The van der Waals surface area contributed by atoms with Crippen molar-refractivity contribution in [3.05, 3.63) is 83.4 Å². The molecule has 0 fully saturated rings. The van der Waals surface area contributed by atoms with Crippen molar-refractivity contribution in [3.63, 3.8) is 0 Å². The fourth-order valence-corrected chi connectivity index (χ4v) is 4.62. The number of aryl methyl sites for hydroxylation is 1. The van der Waals surface area contributed by atoms with Crippen molar-refractivity contribution < 1.29 is 14.6 Å². The number of ether oxygens (including phenoxy) is 1. The number of methoxy groups -OCH3 is 1. The first-order chi connectivity index (χ1) is 18.6. The van der Waals surface area contributed by atoms with Crippen molar-refractivity contribution in [3.8, 4) is 28.6 Å². The van der Waals surface area contributed by atoms with Crippen LogP contribution in [0.3, 0.4) is 0 Å². The van der Waals surface area contributed by atoms with E-state index in [2.05, 4.69) is 65.8 Å². The number of carbonyl (C=O) groups is 1. The van der Waals surface area contributed by atoms with Crippen LogP contribution in [0.1, 0.15) is 44.4 Å². The zero-order chi connectivity index (χ0) is 28.2. The highest BCUT2D eigenvalue weighted by atomic mass is 32.2. The van der Waals surface area contributed by atoms with E-state index in [0.717, 1.165) is 22.4 Å². The highest BCUT2D eigenvalue weighted by Gasteiger charge is 2.19. The molecule has 0 saturated carbocycles. The summed E-state index contributed by atoms with van der Waals surface area (Å²) < 4.78 is 7.12. The Labute approximate surface area is 233 Å². The van der Waals surface area contributed by atoms with Gasteiger partial charge in [0.05, 0.1) is 18.6 Å². The normalized spacial score (nSPS) is 11.9.